The first kappa shape index (κ1) is 37.9. The van der Waals surface area contributed by atoms with Crippen LogP contribution in [0.1, 0.15) is 55.0 Å². The van der Waals surface area contributed by atoms with Crippen LogP contribution in [0.25, 0.3) is 11.1 Å². The molecule has 8 heteroatoms. The molecule has 2 atom stereocenters. The molecule has 5 aromatic carbocycles. The molecule has 1 heterocycles. The lowest BCUT2D eigenvalue weighted by molar-refractivity contribution is -0.146. The van der Waals surface area contributed by atoms with E-state index >= 15 is 0 Å². The molecule has 5 aromatic rings. The molecule has 8 nitrogen and oxygen atoms in total. The van der Waals surface area contributed by atoms with Gasteiger partial charge in [-0.25, -0.2) is 4.79 Å². The molecule has 2 amide bonds. The highest BCUT2D eigenvalue weighted by atomic mass is 16.5. The maximum absolute atomic E-state index is 13.9. The number of rotatable bonds is 14. The van der Waals surface area contributed by atoms with Crippen molar-refractivity contribution in [2.45, 2.75) is 71.7 Å². The second kappa shape index (κ2) is 17.3. The van der Waals surface area contributed by atoms with Crippen molar-refractivity contribution in [1.82, 2.24) is 10.2 Å². The van der Waals surface area contributed by atoms with Gasteiger partial charge in [-0.2, -0.15) is 0 Å². The molecule has 0 saturated carbocycles. The number of amides is 2. The minimum atomic E-state index is -1.16. The summed E-state index contributed by atoms with van der Waals surface area (Å²) < 4.78 is 12.1. The van der Waals surface area contributed by atoms with E-state index in [1.54, 1.807) is 4.90 Å². The molecule has 0 aromatic heterocycles. The molecular formula is C46H48N2O6. The zero-order valence-electron chi connectivity index (χ0n) is 31.2. The molecule has 0 bridgehead atoms. The van der Waals surface area contributed by atoms with Crippen LogP contribution < -0.4 is 14.8 Å². The van der Waals surface area contributed by atoms with Crippen LogP contribution in [0.3, 0.4) is 0 Å². The number of carbonyl (C=O) groups excluding carboxylic acids is 2. The van der Waals surface area contributed by atoms with Crippen LogP contribution in [0.2, 0.25) is 0 Å². The van der Waals surface area contributed by atoms with E-state index in [1.165, 1.54) is 0 Å². The van der Waals surface area contributed by atoms with Crippen molar-refractivity contribution in [3.63, 3.8) is 0 Å². The number of carbonyl (C=O) groups is 3. The molecular weight excluding hydrogens is 677 g/mol. The van der Waals surface area contributed by atoms with Gasteiger partial charge >= 0.3 is 5.97 Å². The SMILES string of the molecule is CC(C)(C)CC(=O)N1Cc2cc(OCCc3ccc(OCc4ccccc4)cc3)ccc2CC1C(=O)N[C@@H](Cc1ccc(-c2ccccc2)cc1)C(=O)O. The lowest BCUT2D eigenvalue weighted by Gasteiger charge is -2.38. The summed E-state index contributed by atoms with van der Waals surface area (Å²) in [5.74, 6) is -0.268. The summed E-state index contributed by atoms with van der Waals surface area (Å²) in [5, 5.41) is 12.9. The Kier molecular flexibility index (Phi) is 12.1. The van der Waals surface area contributed by atoms with E-state index in [4.69, 9.17) is 9.47 Å². The van der Waals surface area contributed by atoms with Crippen molar-refractivity contribution < 1.29 is 29.0 Å². The van der Waals surface area contributed by atoms with Crippen LogP contribution in [0.15, 0.2) is 127 Å². The van der Waals surface area contributed by atoms with Gasteiger partial charge in [-0.05, 0) is 68.6 Å². The van der Waals surface area contributed by atoms with Gasteiger partial charge in [-0.3, -0.25) is 9.59 Å². The Bertz CT molecular complexity index is 2020. The Morgan fingerprint density at radius 1 is 0.741 bits per heavy atom. The Hall–Kier alpha value is -5.89. The van der Waals surface area contributed by atoms with Crippen LogP contribution in [0.5, 0.6) is 11.5 Å². The number of nitrogens with zero attached hydrogens (tertiary/aromatic N) is 1. The van der Waals surface area contributed by atoms with Crippen LogP contribution in [-0.2, 0) is 46.8 Å². The first-order valence-corrected chi connectivity index (χ1v) is 18.5. The van der Waals surface area contributed by atoms with E-state index < -0.39 is 24.0 Å². The fourth-order valence-corrected chi connectivity index (χ4v) is 6.65. The van der Waals surface area contributed by atoms with Gasteiger partial charge in [0.2, 0.25) is 11.8 Å². The quantitative estimate of drug-likeness (QED) is 0.120. The highest BCUT2D eigenvalue weighted by Crippen LogP contribution is 2.30. The van der Waals surface area contributed by atoms with Crippen molar-refractivity contribution in [3.8, 4) is 22.6 Å². The number of carboxylic acid groups (broad SMARTS) is 1. The summed E-state index contributed by atoms with van der Waals surface area (Å²) in [6.07, 6.45) is 1.33. The topological polar surface area (TPSA) is 105 Å². The molecule has 1 aliphatic heterocycles. The number of ether oxygens (including phenoxy) is 2. The average molecular weight is 725 g/mol. The number of fused-ring (bicyclic) bond motifs is 1. The lowest BCUT2D eigenvalue weighted by atomic mass is 9.88. The molecule has 1 unspecified atom stereocenters. The van der Waals surface area contributed by atoms with E-state index in [-0.39, 0.29) is 37.1 Å². The number of hydrogen-bond donors (Lipinski definition) is 2. The molecule has 2 N–H and O–H groups in total. The molecule has 54 heavy (non-hydrogen) atoms. The molecule has 6 rings (SSSR count). The normalized spacial score (nSPS) is 14.4. The van der Waals surface area contributed by atoms with Gasteiger partial charge in [0.1, 0.15) is 30.2 Å². The summed E-state index contributed by atoms with van der Waals surface area (Å²) in [6, 6.07) is 39.5. The summed E-state index contributed by atoms with van der Waals surface area (Å²) in [5.41, 5.74) is 6.65. The first-order valence-electron chi connectivity index (χ1n) is 18.5. The maximum atomic E-state index is 13.9. The highest BCUT2D eigenvalue weighted by molar-refractivity contribution is 5.91. The van der Waals surface area contributed by atoms with Crippen LogP contribution >= 0.6 is 0 Å². The highest BCUT2D eigenvalue weighted by Gasteiger charge is 2.37. The van der Waals surface area contributed by atoms with E-state index in [9.17, 15) is 19.5 Å². The van der Waals surface area contributed by atoms with Crippen LogP contribution in [0, 0.1) is 5.41 Å². The molecule has 0 spiro atoms. The summed E-state index contributed by atoms with van der Waals surface area (Å²) >= 11 is 0. The predicted molar refractivity (Wildman–Crippen MR) is 210 cm³/mol. The van der Waals surface area contributed by atoms with Gasteiger partial charge in [0.25, 0.3) is 0 Å². The molecule has 278 valence electrons. The Labute approximate surface area is 317 Å². The lowest BCUT2D eigenvalue weighted by Crippen LogP contribution is -2.56. The molecule has 0 radical (unpaired) electrons. The van der Waals surface area contributed by atoms with E-state index in [0.29, 0.717) is 25.4 Å². The van der Waals surface area contributed by atoms with Gasteiger partial charge in [0, 0.05) is 32.2 Å². The fraction of sp³-hybridized carbons (Fsp3) is 0.283. The van der Waals surface area contributed by atoms with Gasteiger partial charge in [-0.15, -0.1) is 0 Å². The summed E-state index contributed by atoms with van der Waals surface area (Å²) in [6.45, 7) is 7.16. The zero-order valence-corrected chi connectivity index (χ0v) is 31.2. The Morgan fingerprint density at radius 3 is 2.04 bits per heavy atom. The van der Waals surface area contributed by atoms with Crippen LogP contribution in [-0.4, -0.2) is 46.5 Å². The van der Waals surface area contributed by atoms with E-state index in [1.807, 2.05) is 148 Å². The van der Waals surface area contributed by atoms with Gasteiger partial charge in [0.15, 0.2) is 0 Å². The second-order valence-corrected chi connectivity index (χ2v) is 15.1. The standard InChI is InChI=1S/C46H48N2O6/c1-46(2,3)29-43(49)48-30-38-27-40(53-25-24-32-16-21-39(22-17-32)54-31-34-10-6-4-7-11-34)23-20-37(38)28-42(48)44(50)47-41(45(51)52)26-33-14-18-36(19-15-33)35-12-8-5-9-13-35/h4-23,27,41-42H,24-26,28-31H2,1-3H3,(H,47,50)(H,51,52)/t41-,42?/m0/s1. The number of carboxylic acids is 1. The van der Waals surface area contributed by atoms with Gasteiger partial charge in [-0.1, -0.05) is 124 Å². The minimum absolute atomic E-state index is 0.113. The van der Waals surface area contributed by atoms with Crippen molar-refractivity contribution in [2.24, 2.45) is 5.41 Å². The maximum Gasteiger partial charge on any atom is 0.326 e. The smallest absolute Gasteiger partial charge is 0.326 e. The van der Waals surface area contributed by atoms with Gasteiger partial charge in [0.05, 0.1) is 6.61 Å². The third-order valence-corrected chi connectivity index (χ3v) is 9.56. The first-order chi connectivity index (χ1) is 26.0. The van der Waals surface area contributed by atoms with Crippen molar-refractivity contribution in [1.29, 1.82) is 0 Å². The summed E-state index contributed by atoms with van der Waals surface area (Å²) in [4.78, 5) is 41.6. The van der Waals surface area contributed by atoms with E-state index in [0.717, 1.165) is 44.7 Å². The number of benzene rings is 5. The monoisotopic (exact) mass is 724 g/mol. The van der Waals surface area contributed by atoms with E-state index in [2.05, 4.69) is 5.32 Å². The van der Waals surface area contributed by atoms with Gasteiger partial charge < -0.3 is 24.8 Å². The third kappa shape index (κ3) is 10.4. The molecule has 0 saturated heterocycles. The zero-order chi connectivity index (χ0) is 38.1. The van der Waals surface area contributed by atoms with Crippen molar-refractivity contribution >= 4 is 17.8 Å². The molecule has 0 aliphatic carbocycles. The predicted octanol–water partition coefficient (Wildman–Crippen LogP) is 8.06. The van der Waals surface area contributed by atoms with Crippen molar-refractivity contribution in [2.75, 3.05) is 6.61 Å². The summed E-state index contributed by atoms with van der Waals surface area (Å²) in [7, 11) is 0. The largest absolute Gasteiger partial charge is 0.493 e. The molecule has 1 aliphatic rings. The van der Waals surface area contributed by atoms with Crippen LogP contribution in [0.4, 0.5) is 0 Å². The Balaban J connectivity index is 1.09. The average Bonchev–Trinajstić information content (AvgIpc) is 3.17. The van der Waals surface area contributed by atoms with Crippen molar-refractivity contribution in [3.05, 3.63) is 155 Å². The number of nitrogens with one attached hydrogen (secondary N) is 1. The number of aliphatic carboxylic acids is 1. The number of hydrogen-bond acceptors (Lipinski definition) is 5. The second-order valence-electron chi connectivity index (χ2n) is 15.1. The fourth-order valence-electron chi connectivity index (χ4n) is 6.65. The third-order valence-electron chi connectivity index (χ3n) is 9.56. The Morgan fingerprint density at radius 2 is 1.37 bits per heavy atom. The minimum Gasteiger partial charge on any atom is -0.493 e. The molecule has 0 fully saturated rings.